The SMILES string of the molecule is CN(C)C(=O)C1CCN(C(C(=O)N2CCCC2)c2ccccc2)CC1. The Morgan fingerprint density at radius 2 is 1.60 bits per heavy atom. The summed E-state index contributed by atoms with van der Waals surface area (Å²) >= 11 is 0. The number of hydrogen-bond acceptors (Lipinski definition) is 3. The molecule has 1 aromatic rings. The maximum atomic E-state index is 13.2. The Balaban J connectivity index is 1.74. The van der Waals surface area contributed by atoms with Crippen molar-refractivity contribution >= 4 is 11.8 Å². The van der Waals surface area contributed by atoms with Gasteiger partial charge in [0.1, 0.15) is 6.04 Å². The van der Waals surface area contributed by atoms with Crippen LogP contribution in [0, 0.1) is 5.92 Å². The minimum Gasteiger partial charge on any atom is -0.349 e. The molecular formula is C20H29N3O2. The highest BCUT2D eigenvalue weighted by atomic mass is 16.2. The molecule has 0 radical (unpaired) electrons. The third kappa shape index (κ3) is 4.03. The molecule has 2 fully saturated rings. The smallest absolute Gasteiger partial charge is 0.244 e. The van der Waals surface area contributed by atoms with Crippen LogP contribution in [0.3, 0.4) is 0 Å². The monoisotopic (exact) mass is 343 g/mol. The van der Waals surface area contributed by atoms with Gasteiger partial charge in [-0.3, -0.25) is 14.5 Å². The van der Waals surface area contributed by atoms with Crippen LogP contribution in [0.5, 0.6) is 0 Å². The quantitative estimate of drug-likeness (QED) is 0.841. The lowest BCUT2D eigenvalue weighted by molar-refractivity contribution is -0.138. The zero-order valence-corrected chi connectivity index (χ0v) is 15.4. The van der Waals surface area contributed by atoms with Crippen molar-refractivity contribution in [1.82, 2.24) is 14.7 Å². The first-order valence-corrected chi connectivity index (χ1v) is 9.37. The van der Waals surface area contributed by atoms with Gasteiger partial charge in [-0.15, -0.1) is 0 Å². The predicted octanol–water partition coefficient (Wildman–Crippen LogP) is 2.15. The molecule has 0 aliphatic carbocycles. The van der Waals surface area contributed by atoms with E-state index < -0.39 is 0 Å². The van der Waals surface area contributed by atoms with E-state index in [0.717, 1.165) is 57.4 Å². The normalized spacial score (nSPS) is 20.5. The molecule has 2 aliphatic rings. The topological polar surface area (TPSA) is 43.9 Å². The van der Waals surface area contributed by atoms with Gasteiger partial charge in [0.25, 0.3) is 0 Å². The molecule has 2 saturated heterocycles. The van der Waals surface area contributed by atoms with Crippen molar-refractivity contribution in [1.29, 1.82) is 0 Å². The number of nitrogens with zero attached hydrogens (tertiary/aromatic N) is 3. The number of hydrogen-bond donors (Lipinski definition) is 0. The Morgan fingerprint density at radius 1 is 1.00 bits per heavy atom. The Hall–Kier alpha value is -1.88. The molecule has 5 heteroatoms. The van der Waals surface area contributed by atoms with Crippen molar-refractivity contribution in [2.24, 2.45) is 5.92 Å². The first-order chi connectivity index (χ1) is 12.1. The van der Waals surface area contributed by atoms with Gasteiger partial charge in [-0.25, -0.2) is 0 Å². The summed E-state index contributed by atoms with van der Waals surface area (Å²) in [6, 6.07) is 9.88. The molecule has 0 spiro atoms. The van der Waals surface area contributed by atoms with E-state index in [0.29, 0.717) is 0 Å². The Morgan fingerprint density at radius 3 is 2.16 bits per heavy atom. The number of benzene rings is 1. The molecule has 3 rings (SSSR count). The zero-order valence-electron chi connectivity index (χ0n) is 15.4. The van der Waals surface area contributed by atoms with Crippen LogP contribution >= 0.6 is 0 Å². The molecule has 0 aromatic heterocycles. The van der Waals surface area contributed by atoms with Crippen molar-refractivity contribution in [2.75, 3.05) is 40.3 Å². The molecular weight excluding hydrogens is 314 g/mol. The van der Waals surface area contributed by atoms with E-state index >= 15 is 0 Å². The fourth-order valence-corrected chi connectivity index (χ4v) is 4.03. The summed E-state index contributed by atoms with van der Waals surface area (Å²) in [5.41, 5.74) is 1.07. The average Bonchev–Trinajstić information content (AvgIpc) is 3.17. The van der Waals surface area contributed by atoms with Crippen molar-refractivity contribution in [3.63, 3.8) is 0 Å². The largest absolute Gasteiger partial charge is 0.349 e. The van der Waals surface area contributed by atoms with E-state index in [1.54, 1.807) is 4.90 Å². The van der Waals surface area contributed by atoms with Gasteiger partial charge >= 0.3 is 0 Å². The molecule has 0 saturated carbocycles. The summed E-state index contributed by atoms with van der Waals surface area (Å²) in [5.74, 6) is 0.521. The van der Waals surface area contributed by atoms with Crippen LogP contribution in [-0.2, 0) is 9.59 Å². The van der Waals surface area contributed by atoms with Crippen LogP contribution in [0.4, 0.5) is 0 Å². The molecule has 1 unspecified atom stereocenters. The Kier molecular flexibility index (Phi) is 5.74. The average molecular weight is 343 g/mol. The minimum atomic E-state index is -0.213. The number of carbonyl (C=O) groups excluding carboxylic acids is 2. The maximum absolute atomic E-state index is 13.2. The van der Waals surface area contributed by atoms with Crippen molar-refractivity contribution in [2.45, 2.75) is 31.7 Å². The minimum absolute atomic E-state index is 0.0876. The number of carbonyl (C=O) groups is 2. The van der Waals surface area contributed by atoms with E-state index in [4.69, 9.17) is 0 Å². The zero-order chi connectivity index (χ0) is 17.8. The van der Waals surface area contributed by atoms with Gasteiger partial charge < -0.3 is 9.80 Å². The second kappa shape index (κ2) is 8.00. The highest BCUT2D eigenvalue weighted by Gasteiger charge is 2.36. The van der Waals surface area contributed by atoms with E-state index in [1.165, 1.54) is 0 Å². The molecule has 5 nitrogen and oxygen atoms in total. The van der Waals surface area contributed by atoms with Crippen molar-refractivity contribution in [3.05, 3.63) is 35.9 Å². The highest BCUT2D eigenvalue weighted by Crippen LogP contribution is 2.30. The molecule has 1 atom stereocenters. The summed E-state index contributed by atoms with van der Waals surface area (Å²) in [4.78, 5) is 31.4. The van der Waals surface area contributed by atoms with Gasteiger partial charge in [0.15, 0.2) is 0 Å². The highest BCUT2D eigenvalue weighted by molar-refractivity contribution is 5.83. The maximum Gasteiger partial charge on any atom is 0.244 e. The van der Waals surface area contributed by atoms with Crippen LogP contribution in [0.2, 0.25) is 0 Å². The van der Waals surface area contributed by atoms with E-state index in [2.05, 4.69) is 17.0 Å². The molecule has 2 heterocycles. The van der Waals surface area contributed by atoms with E-state index in [-0.39, 0.29) is 23.8 Å². The standard InChI is InChI=1S/C20H29N3O2/c1-21(2)19(24)17-10-14-22(15-11-17)18(16-8-4-3-5-9-16)20(25)23-12-6-7-13-23/h3-5,8-9,17-18H,6-7,10-15H2,1-2H3. The Labute approximate surface area is 150 Å². The van der Waals surface area contributed by atoms with Gasteiger partial charge in [-0.05, 0) is 44.3 Å². The van der Waals surface area contributed by atoms with E-state index in [1.807, 2.05) is 37.2 Å². The second-order valence-corrected chi connectivity index (χ2v) is 7.39. The fraction of sp³-hybridized carbons (Fsp3) is 0.600. The molecule has 2 amide bonds. The lowest BCUT2D eigenvalue weighted by Gasteiger charge is -2.38. The van der Waals surface area contributed by atoms with Crippen molar-refractivity contribution in [3.8, 4) is 0 Å². The molecule has 0 bridgehead atoms. The van der Waals surface area contributed by atoms with Gasteiger partial charge in [0.05, 0.1) is 0 Å². The first-order valence-electron chi connectivity index (χ1n) is 9.37. The lowest BCUT2D eigenvalue weighted by atomic mass is 9.92. The van der Waals surface area contributed by atoms with Gasteiger partial charge in [0, 0.05) is 33.1 Å². The third-order valence-corrected chi connectivity index (χ3v) is 5.45. The number of likely N-dealkylation sites (tertiary alicyclic amines) is 2. The van der Waals surface area contributed by atoms with Gasteiger partial charge in [-0.1, -0.05) is 30.3 Å². The van der Waals surface area contributed by atoms with Crippen LogP contribution in [-0.4, -0.2) is 66.8 Å². The molecule has 136 valence electrons. The van der Waals surface area contributed by atoms with Crippen LogP contribution in [0.1, 0.15) is 37.3 Å². The Bertz CT molecular complexity index is 588. The number of piperidine rings is 1. The summed E-state index contributed by atoms with van der Waals surface area (Å²) in [6.07, 6.45) is 3.86. The second-order valence-electron chi connectivity index (χ2n) is 7.39. The molecule has 25 heavy (non-hydrogen) atoms. The lowest BCUT2D eigenvalue weighted by Crippen LogP contribution is -2.47. The van der Waals surface area contributed by atoms with Crippen molar-refractivity contribution < 1.29 is 9.59 Å². The number of amides is 2. The summed E-state index contributed by atoms with van der Waals surface area (Å²) in [5, 5.41) is 0. The predicted molar refractivity (Wildman–Crippen MR) is 98.0 cm³/mol. The molecule has 0 N–H and O–H groups in total. The van der Waals surface area contributed by atoms with Crippen LogP contribution < -0.4 is 0 Å². The van der Waals surface area contributed by atoms with Crippen LogP contribution in [0.15, 0.2) is 30.3 Å². The van der Waals surface area contributed by atoms with Gasteiger partial charge in [0.2, 0.25) is 11.8 Å². The van der Waals surface area contributed by atoms with Crippen LogP contribution in [0.25, 0.3) is 0 Å². The third-order valence-electron chi connectivity index (χ3n) is 5.45. The first kappa shape index (κ1) is 17.9. The summed E-state index contributed by atoms with van der Waals surface area (Å²) < 4.78 is 0. The van der Waals surface area contributed by atoms with Gasteiger partial charge in [-0.2, -0.15) is 0 Å². The summed E-state index contributed by atoms with van der Waals surface area (Å²) in [6.45, 7) is 3.34. The number of rotatable bonds is 4. The molecule has 1 aromatic carbocycles. The summed E-state index contributed by atoms with van der Waals surface area (Å²) in [7, 11) is 3.64. The molecule has 2 aliphatic heterocycles. The van der Waals surface area contributed by atoms with E-state index in [9.17, 15) is 9.59 Å². The fourth-order valence-electron chi connectivity index (χ4n) is 4.03.